The Labute approximate surface area is 124 Å². The molecule has 0 bridgehead atoms. The van der Waals surface area contributed by atoms with E-state index in [9.17, 15) is 23.6 Å². The number of hydrogen-bond acceptors (Lipinski definition) is 6. The second-order valence-corrected chi connectivity index (χ2v) is 6.66. The number of sulfone groups is 1. The average Bonchev–Trinajstić information content (AvgIpc) is 2.38. The molecule has 0 aliphatic heterocycles. The van der Waals surface area contributed by atoms with Gasteiger partial charge in [-0.2, -0.15) is 0 Å². The fourth-order valence-corrected chi connectivity index (χ4v) is 2.57. The molecule has 2 rings (SSSR count). The van der Waals surface area contributed by atoms with Crippen LogP contribution >= 0.6 is 11.6 Å². The predicted molar refractivity (Wildman–Crippen MR) is 76.1 cm³/mol. The van der Waals surface area contributed by atoms with Crippen LogP contribution in [0.15, 0.2) is 35.4 Å². The number of halogens is 1. The minimum Gasteiger partial charge on any atom is -0.502 e. The van der Waals surface area contributed by atoms with Gasteiger partial charge in [-0.25, -0.2) is 8.42 Å². The number of nitro benzene ring substituents is 1. The quantitative estimate of drug-likeness (QED) is 0.684. The number of phenols is 1. The number of pyridine rings is 1. The SMILES string of the molecule is CS(=O)(=O)c1cnc(-c2ccc(O)c([N+](=O)[O-])c2)c(Cl)c1. The fourth-order valence-electron chi connectivity index (χ4n) is 1.65. The van der Waals surface area contributed by atoms with E-state index in [0.29, 0.717) is 5.56 Å². The van der Waals surface area contributed by atoms with Gasteiger partial charge in [0.2, 0.25) is 0 Å². The highest BCUT2D eigenvalue weighted by Gasteiger charge is 2.17. The number of aromatic nitrogens is 1. The van der Waals surface area contributed by atoms with Crippen molar-refractivity contribution in [3.8, 4) is 17.0 Å². The Morgan fingerprint density at radius 2 is 2.00 bits per heavy atom. The lowest BCUT2D eigenvalue weighted by Crippen LogP contribution is -1.99. The maximum atomic E-state index is 11.4. The van der Waals surface area contributed by atoms with Gasteiger partial charge >= 0.3 is 5.69 Å². The Balaban J connectivity index is 2.58. The molecule has 2 aromatic rings. The first-order valence-electron chi connectivity index (χ1n) is 5.53. The summed E-state index contributed by atoms with van der Waals surface area (Å²) in [5, 5.41) is 20.2. The summed E-state index contributed by atoms with van der Waals surface area (Å²) in [6.45, 7) is 0. The third-order valence-electron chi connectivity index (χ3n) is 2.69. The molecular formula is C12H9ClN2O5S. The highest BCUT2D eigenvalue weighted by molar-refractivity contribution is 7.90. The highest BCUT2D eigenvalue weighted by Crippen LogP contribution is 2.34. The Bertz CT molecular complexity index is 836. The Morgan fingerprint density at radius 3 is 2.52 bits per heavy atom. The largest absolute Gasteiger partial charge is 0.502 e. The Hall–Kier alpha value is -2.19. The molecule has 0 aliphatic rings. The molecule has 0 saturated carbocycles. The predicted octanol–water partition coefficient (Wildman–Crippen LogP) is 2.42. The highest BCUT2D eigenvalue weighted by atomic mass is 35.5. The minimum absolute atomic E-state index is 0.0397. The number of aromatic hydroxyl groups is 1. The minimum atomic E-state index is -3.45. The zero-order valence-electron chi connectivity index (χ0n) is 10.6. The lowest BCUT2D eigenvalue weighted by atomic mass is 10.1. The summed E-state index contributed by atoms with van der Waals surface area (Å²) in [6, 6.07) is 4.88. The third kappa shape index (κ3) is 3.11. The number of phenolic OH excluding ortho intramolecular Hbond substituents is 1. The molecule has 0 amide bonds. The molecule has 0 aliphatic carbocycles. The van der Waals surface area contributed by atoms with Gasteiger partial charge in [0.1, 0.15) is 0 Å². The second-order valence-electron chi connectivity index (χ2n) is 4.23. The van der Waals surface area contributed by atoms with Crippen LogP contribution in [0.5, 0.6) is 5.75 Å². The molecule has 7 nitrogen and oxygen atoms in total. The number of hydrogen-bond donors (Lipinski definition) is 1. The average molecular weight is 329 g/mol. The van der Waals surface area contributed by atoms with Gasteiger partial charge in [0.25, 0.3) is 0 Å². The second kappa shape index (κ2) is 5.30. The van der Waals surface area contributed by atoms with Crippen LogP contribution < -0.4 is 0 Å². The van der Waals surface area contributed by atoms with E-state index < -0.39 is 26.2 Å². The van der Waals surface area contributed by atoms with Gasteiger partial charge in [-0.15, -0.1) is 0 Å². The van der Waals surface area contributed by atoms with Crippen LogP contribution in [0.3, 0.4) is 0 Å². The van der Waals surface area contributed by atoms with Crippen molar-refractivity contribution in [2.45, 2.75) is 4.90 Å². The molecule has 0 radical (unpaired) electrons. The molecule has 1 heterocycles. The van der Waals surface area contributed by atoms with E-state index in [0.717, 1.165) is 24.6 Å². The standard InChI is InChI=1S/C12H9ClN2O5S/c1-21(19,20)8-5-9(13)12(14-6-8)7-2-3-11(16)10(4-7)15(17)18/h2-6,16H,1H3. The topological polar surface area (TPSA) is 110 Å². The normalized spacial score (nSPS) is 11.3. The van der Waals surface area contributed by atoms with Crippen LogP contribution in [0.2, 0.25) is 5.02 Å². The summed E-state index contributed by atoms with van der Waals surface area (Å²) in [7, 11) is -3.45. The molecule has 1 aromatic carbocycles. The summed E-state index contributed by atoms with van der Waals surface area (Å²) in [4.78, 5) is 13.9. The molecule has 1 aromatic heterocycles. The van der Waals surface area contributed by atoms with Gasteiger partial charge in [-0.05, 0) is 18.2 Å². The Kier molecular flexibility index (Phi) is 3.84. The molecule has 21 heavy (non-hydrogen) atoms. The van der Waals surface area contributed by atoms with Crippen molar-refractivity contribution in [2.75, 3.05) is 6.26 Å². The van der Waals surface area contributed by atoms with E-state index in [1.165, 1.54) is 12.1 Å². The first kappa shape index (κ1) is 15.2. The molecule has 0 spiro atoms. The molecule has 0 saturated heterocycles. The lowest BCUT2D eigenvalue weighted by Gasteiger charge is -2.06. The summed E-state index contributed by atoms with van der Waals surface area (Å²) in [6.07, 6.45) is 2.14. The molecular weight excluding hydrogens is 320 g/mol. The van der Waals surface area contributed by atoms with Gasteiger partial charge < -0.3 is 5.11 Å². The Morgan fingerprint density at radius 1 is 1.33 bits per heavy atom. The molecule has 0 unspecified atom stereocenters. The van der Waals surface area contributed by atoms with E-state index in [2.05, 4.69) is 4.98 Å². The molecule has 110 valence electrons. The van der Waals surface area contributed by atoms with Crippen LogP contribution in [0.25, 0.3) is 11.3 Å². The summed E-state index contributed by atoms with van der Waals surface area (Å²) < 4.78 is 22.8. The number of nitrogens with zero attached hydrogens (tertiary/aromatic N) is 2. The van der Waals surface area contributed by atoms with Gasteiger partial charge in [0, 0.05) is 24.1 Å². The van der Waals surface area contributed by atoms with Gasteiger partial charge in [-0.3, -0.25) is 15.1 Å². The van der Waals surface area contributed by atoms with Crippen LogP contribution in [0.4, 0.5) is 5.69 Å². The zero-order valence-corrected chi connectivity index (χ0v) is 12.2. The van der Waals surface area contributed by atoms with Crippen molar-refractivity contribution in [1.29, 1.82) is 0 Å². The van der Waals surface area contributed by atoms with Gasteiger partial charge in [-0.1, -0.05) is 11.6 Å². The van der Waals surface area contributed by atoms with E-state index in [1.54, 1.807) is 0 Å². The van der Waals surface area contributed by atoms with E-state index in [4.69, 9.17) is 11.6 Å². The molecule has 0 atom stereocenters. The molecule has 1 N–H and O–H groups in total. The number of benzene rings is 1. The monoisotopic (exact) mass is 328 g/mol. The first-order chi connectivity index (χ1) is 9.70. The van der Waals surface area contributed by atoms with Crippen LogP contribution in [0, 0.1) is 10.1 Å². The summed E-state index contributed by atoms with van der Waals surface area (Å²) in [5.74, 6) is -0.479. The number of nitro groups is 1. The maximum absolute atomic E-state index is 11.4. The summed E-state index contributed by atoms with van der Waals surface area (Å²) in [5.41, 5.74) is -0.00530. The van der Waals surface area contributed by atoms with Crippen LogP contribution in [0.1, 0.15) is 0 Å². The molecule has 9 heteroatoms. The number of rotatable bonds is 3. The van der Waals surface area contributed by atoms with Crippen molar-refractivity contribution in [3.05, 3.63) is 45.6 Å². The zero-order chi connectivity index (χ0) is 15.8. The third-order valence-corrected chi connectivity index (χ3v) is 4.06. The van der Waals surface area contributed by atoms with Crippen LogP contribution in [-0.4, -0.2) is 29.7 Å². The molecule has 0 fully saturated rings. The van der Waals surface area contributed by atoms with Crippen molar-refractivity contribution in [3.63, 3.8) is 0 Å². The fraction of sp³-hybridized carbons (Fsp3) is 0.0833. The van der Waals surface area contributed by atoms with Gasteiger partial charge in [0.05, 0.1) is 20.5 Å². The van der Waals surface area contributed by atoms with Crippen molar-refractivity contribution in [1.82, 2.24) is 4.98 Å². The van der Waals surface area contributed by atoms with Gasteiger partial charge in [0.15, 0.2) is 15.6 Å². The van der Waals surface area contributed by atoms with E-state index in [-0.39, 0.29) is 15.6 Å². The van der Waals surface area contributed by atoms with Crippen LogP contribution in [-0.2, 0) is 9.84 Å². The van der Waals surface area contributed by atoms with Crippen molar-refractivity contribution in [2.24, 2.45) is 0 Å². The van der Waals surface area contributed by atoms with Crippen molar-refractivity contribution < 1.29 is 18.4 Å². The van der Waals surface area contributed by atoms with Crippen molar-refractivity contribution >= 4 is 27.1 Å². The first-order valence-corrected chi connectivity index (χ1v) is 7.80. The lowest BCUT2D eigenvalue weighted by molar-refractivity contribution is -0.385. The summed E-state index contributed by atoms with van der Waals surface area (Å²) >= 11 is 5.98. The van der Waals surface area contributed by atoms with E-state index in [1.807, 2.05) is 0 Å². The maximum Gasteiger partial charge on any atom is 0.311 e. The smallest absolute Gasteiger partial charge is 0.311 e. The van der Waals surface area contributed by atoms with E-state index >= 15 is 0 Å².